The molecule has 19 heavy (non-hydrogen) atoms. The molecule has 0 spiro atoms. The van der Waals surface area contributed by atoms with Gasteiger partial charge < -0.3 is 4.74 Å². The quantitative estimate of drug-likeness (QED) is 0.436. The summed E-state index contributed by atoms with van der Waals surface area (Å²) in [5, 5.41) is 0.248. The first kappa shape index (κ1) is 18.6. The number of esters is 1. The third kappa shape index (κ3) is 12.4. The first-order valence-corrected chi connectivity index (χ1v) is 7.77. The average molecular weight is 300 g/mol. The number of carbonyl (C=O) groups is 1. The molecule has 0 aliphatic rings. The van der Waals surface area contributed by atoms with Gasteiger partial charge in [-0.15, -0.1) is 0 Å². The summed E-state index contributed by atoms with van der Waals surface area (Å²) in [7, 11) is 0. The van der Waals surface area contributed by atoms with Crippen molar-refractivity contribution in [3.8, 4) is 0 Å². The zero-order valence-electron chi connectivity index (χ0n) is 11.6. The molecule has 0 aliphatic heterocycles. The van der Waals surface area contributed by atoms with E-state index in [4.69, 9.17) is 4.74 Å². The molecule has 0 rings (SSSR count). The van der Waals surface area contributed by atoms with Crippen LogP contribution in [0.4, 0.5) is 13.2 Å². The summed E-state index contributed by atoms with van der Waals surface area (Å²) in [6.45, 7) is 4.16. The first-order chi connectivity index (χ1) is 8.89. The van der Waals surface area contributed by atoms with Gasteiger partial charge in [-0.1, -0.05) is 20.3 Å². The van der Waals surface area contributed by atoms with E-state index in [0.29, 0.717) is 19.4 Å². The van der Waals surface area contributed by atoms with Gasteiger partial charge in [-0.05, 0) is 25.0 Å². The van der Waals surface area contributed by atoms with Crippen LogP contribution in [-0.2, 0) is 9.53 Å². The summed E-state index contributed by atoms with van der Waals surface area (Å²) in [6.07, 6.45) is -1.89. The smallest absolute Gasteiger partial charge is 0.389 e. The zero-order valence-corrected chi connectivity index (χ0v) is 12.4. The molecule has 0 aromatic rings. The molecule has 2 nitrogen and oxygen atoms in total. The van der Waals surface area contributed by atoms with Crippen LogP contribution in [0.2, 0.25) is 0 Å². The van der Waals surface area contributed by atoms with E-state index >= 15 is 0 Å². The molecule has 0 aliphatic carbocycles. The molecule has 0 N–H and O–H groups in total. The van der Waals surface area contributed by atoms with E-state index in [1.165, 1.54) is 0 Å². The van der Waals surface area contributed by atoms with Gasteiger partial charge >= 0.3 is 12.1 Å². The summed E-state index contributed by atoms with van der Waals surface area (Å²) < 4.78 is 40.8. The van der Waals surface area contributed by atoms with E-state index < -0.39 is 12.6 Å². The lowest BCUT2D eigenvalue weighted by atomic mass is 10.2. The van der Waals surface area contributed by atoms with Crippen LogP contribution in [0.3, 0.4) is 0 Å². The number of carbonyl (C=O) groups excluding carboxylic acids is 1. The Kier molecular flexibility index (Phi) is 10.2. The molecule has 0 amide bonds. The fraction of sp³-hybridized carbons (Fsp3) is 0.923. The van der Waals surface area contributed by atoms with Crippen LogP contribution in [0.5, 0.6) is 0 Å². The Morgan fingerprint density at radius 2 is 1.89 bits per heavy atom. The van der Waals surface area contributed by atoms with E-state index in [1.54, 1.807) is 18.7 Å². The van der Waals surface area contributed by atoms with Crippen LogP contribution in [0.1, 0.15) is 52.4 Å². The van der Waals surface area contributed by atoms with Crippen molar-refractivity contribution in [2.45, 2.75) is 63.8 Å². The fourth-order valence-electron chi connectivity index (χ4n) is 1.43. The largest absolute Gasteiger partial charge is 0.465 e. The molecule has 0 saturated heterocycles. The number of hydrogen-bond donors (Lipinski definition) is 0. The highest BCUT2D eigenvalue weighted by Gasteiger charge is 2.25. The van der Waals surface area contributed by atoms with Gasteiger partial charge in [0.25, 0.3) is 0 Å². The third-order valence-electron chi connectivity index (χ3n) is 2.63. The molecular formula is C13H23F3O2S. The zero-order chi connectivity index (χ0) is 14.7. The predicted octanol–water partition coefficient (Wildman–Crippen LogP) is 4.57. The highest BCUT2D eigenvalue weighted by Crippen LogP contribution is 2.23. The summed E-state index contributed by atoms with van der Waals surface area (Å²) >= 11 is 1.67. The SMILES string of the molecule is CCC(=O)OCC(CC)SCCCCCC(F)(F)F. The second-order valence-electron chi connectivity index (χ2n) is 4.36. The minimum Gasteiger partial charge on any atom is -0.465 e. The van der Waals surface area contributed by atoms with Crippen LogP contribution >= 0.6 is 11.8 Å². The van der Waals surface area contributed by atoms with Crippen molar-refractivity contribution in [1.82, 2.24) is 0 Å². The average Bonchev–Trinajstić information content (AvgIpc) is 2.35. The standard InChI is InChI=1S/C13H23F3O2S/c1-3-11(10-18-12(17)4-2)19-9-7-5-6-8-13(14,15)16/h11H,3-10H2,1-2H3. The van der Waals surface area contributed by atoms with Gasteiger partial charge in [-0.3, -0.25) is 4.79 Å². The molecule has 1 unspecified atom stereocenters. The molecule has 0 radical (unpaired) electrons. The number of unbranched alkanes of at least 4 members (excludes halogenated alkanes) is 2. The minimum atomic E-state index is -4.03. The van der Waals surface area contributed by atoms with Crippen molar-refractivity contribution in [3.63, 3.8) is 0 Å². The Hall–Kier alpha value is -0.390. The van der Waals surface area contributed by atoms with Crippen molar-refractivity contribution in [2.75, 3.05) is 12.4 Å². The van der Waals surface area contributed by atoms with E-state index in [0.717, 1.165) is 18.6 Å². The van der Waals surface area contributed by atoms with Gasteiger partial charge in [0.05, 0.1) is 0 Å². The van der Waals surface area contributed by atoms with Gasteiger partial charge in [0.2, 0.25) is 0 Å². The highest BCUT2D eigenvalue weighted by atomic mass is 32.2. The van der Waals surface area contributed by atoms with Crippen LogP contribution in [0.25, 0.3) is 0 Å². The number of hydrogen-bond acceptors (Lipinski definition) is 3. The maximum atomic E-state index is 11.9. The summed E-state index contributed by atoms with van der Waals surface area (Å²) in [4.78, 5) is 11.0. The number of thioether (sulfide) groups is 1. The van der Waals surface area contributed by atoms with Crippen LogP contribution in [0, 0.1) is 0 Å². The van der Waals surface area contributed by atoms with E-state index in [2.05, 4.69) is 0 Å². The van der Waals surface area contributed by atoms with Crippen molar-refractivity contribution in [2.24, 2.45) is 0 Å². The molecule has 0 saturated carbocycles. The van der Waals surface area contributed by atoms with Gasteiger partial charge in [-0.2, -0.15) is 24.9 Å². The Morgan fingerprint density at radius 1 is 1.21 bits per heavy atom. The number of ether oxygens (including phenoxy) is 1. The van der Waals surface area contributed by atoms with E-state index in [9.17, 15) is 18.0 Å². The molecule has 114 valence electrons. The van der Waals surface area contributed by atoms with Gasteiger partial charge in [0, 0.05) is 18.1 Å². The predicted molar refractivity (Wildman–Crippen MR) is 72.3 cm³/mol. The topological polar surface area (TPSA) is 26.3 Å². The maximum absolute atomic E-state index is 11.9. The van der Waals surface area contributed by atoms with Crippen LogP contribution in [-0.4, -0.2) is 29.8 Å². The summed E-state index contributed by atoms with van der Waals surface area (Å²) in [6, 6.07) is 0. The molecule has 0 heterocycles. The van der Waals surface area contributed by atoms with E-state index in [1.807, 2.05) is 6.92 Å². The number of halogens is 3. The molecular weight excluding hydrogens is 277 g/mol. The molecule has 0 bridgehead atoms. The number of alkyl halides is 3. The molecule has 0 aromatic heterocycles. The van der Waals surface area contributed by atoms with Crippen LogP contribution in [0.15, 0.2) is 0 Å². The second-order valence-corrected chi connectivity index (χ2v) is 5.77. The van der Waals surface area contributed by atoms with Crippen molar-refractivity contribution >= 4 is 17.7 Å². The Labute approximate surface area is 117 Å². The summed E-state index contributed by atoms with van der Waals surface area (Å²) in [5.74, 6) is 0.615. The van der Waals surface area contributed by atoms with E-state index in [-0.39, 0.29) is 17.6 Å². The Balaban J connectivity index is 3.53. The number of rotatable bonds is 10. The first-order valence-electron chi connectivity index (χ1n) is 6.73. The summed E-state index contributed by atoms with van der Waals surface area (Å²) in [5.41, 5.74) is 0. The lowest BCUT2D eigenvalue weighted by Gasteiger charge is -2.14. The van der Waals surface area contributed by atoms with Crippen LogP contribution < -0.4 is 0 Å². The van der Waals surface area contributed by atoms with Crippen molar-refractivity contribution in [1.29, 1.82) is 0 Å². The van der Waals surface area contributed by atoms with Crippen molar-refractivity contribution < 1.29 is 22.7 Å². The minimum absolute atomic E-state index is 0.200. The Bertz CT molecular complexity index is 245. The monoisotopic (exact) mass is 300 g/mol. The van der Waals surface area contributed by atoms with Gasteiger partial charge in [0.1, 0.15) is 6.61 Å². The molecule has 0 fully saturated rings. The lowest BCUT2D eigenvalue weighted by molar-refractivity contribution is -0.143. The lowest BCUT2D eigenvalue weighted by Crippen LogP contribution is -2.15. The highest BCUT2D eigenvalue weighted by molar-refractivity contribution is 7.99. The normalized spacial score (nSPS) is 13.3. The second kappa shape index (κ2) is 10.4. The Morgan fingerprint density at radius 3 is 2.42 bits per heavy atom. The molecule has 0 aromatic carbocycles. The fourth-order valence-corrected chi connectivity index (χ4v) is 2.53. The molecule has 1 atom stereocenters. The molecule has 6 heteroatoms. The maximum Gasteiger partial charge on any atom is 0.389 e. The van der Waals surface area contributed by atoms with Crippen molar-refractivity contribution in [3.05, 3.63) is 0 Å². The third-order valence-corrected chi connectivity index (χ3v) is 4.10. The van der Waals surface area contributed by atoms with Gasteiger partial charge in [-0.25, -0.2) is 0 Å². The van der Waals surface area contributed by atoms with Gasteiger partial charge in [0.15, 0.2) is 0 Å².